The summed E-state index contributed by atoms with van der Waals surface area (Å²) in [6.07, 6.45) is 2.12. The average Bonchev–Trinajstić information content (AvgIpc) is 3.36. The molecule has 1 saturated carbocycles. The van der Waals surface area contributed by atoms with Gasteiger partial charge >= 0.3 is 5.97 Å². The molecule has 0 unspecified atom stereocenters. The number of nitrogens with zero attached hydrogens (tertiary/aromatic N) is 2. The van der Waals surface area contributed by atoms with E-state index in [2.05, 4.69) is 31.2 Å². The van der Waals surface area contributed by atoms with Crippen LogP contribution in [0.15, 0.2) is 54.6 Å². The third-order valence-corrected chi connectivity index (χ3v) is 7.11. The van der Waals surface area contributed by atoms with Crippen LogP contribution in [-0.4, -0.2) is 46.9 Å². The van der Waals surface area contributed by atoms with E-state index in [1.165, 1.54) is 5.56 Å². The number of carbonyl (C=O) groups is 1. The minimum Gasteiger partial charge on any atom is -0.497 e. The number of hydrogen-bond donors (Lipinski definition) is 2. The molecule has 8 nitrogen and oxygen atoms in total. The molecule has 1 aromatic heterocycles. The van der Waals surface area contributed by atoms with Crippen LogP contribution in [0.4, 0.5) is 0 Å². The number of methoxy groups -OCH3 is 1. The van der Waals surface area contributed by atoms with Crippen LogP contribution in [0.1, 0.15) is 50.8 Å². The molecule has 1 heterocycles. The molecule has 37 heavy (non-hydrogen) atoms. The number of ether oxygens (including phenoxy) is 3. The molecule has 3 N–H and O–H groups in total. The second-order valence-electron chi connectivity index (χ2n) is 10.1. The minimum atomic E-state index is -1.08. The molecule has 1 aliphatic carbocycles. The Kier molecular flexibility index (Phi) is 8.32. The van der Waals surface area contributed by atoms with Crippen LogP contribution in [0, 0.1) is 12.8 Å². The number of nitrogens with two attached hydrogens (primary N) is 1. The number of benzene rings is 2. The van der Waals surface area contributed by atoms with Gasteiger partial charge in [0.2, 0.25) is 0 Å². The third kappa shape index (κ3) is 6.21. The highest BCUT2D eigenvalue weighted by Crippen LogP contribution is 2.39. The highest BCUT2D eigenvalue weighted by Gasteiger charge is 2.38. The summed E-state index contributed by atoms with van der Waals surface area (Å²) in [6.45, 7) is 5.66. The molecule has 3 aromatic rings. The molecule has 1 aliphatic rings. The van der Waals surface area contributed by atoms with Gasteiger partial charge < -0.3 is 25.1 Å². The van der Waals surface area contributed by atoms with Crippen molar-refractivity contribution in [3.8, 4) is 22.7 Å². The van der Waals surface area contributed by atoms with Crippen LogP contribution in [0.3, 0.4) is 0 Å². The molecule has 1 fully saturated rings. The number of carbonyl (C=O) groups excluding carboxylic acids is 1. The van der Waals surface area contributed by atoms with E-state index in [0.717, 1.165) is 22.7 Å². The zero-order valence-corrected chi connectivity index (χ0v) is 22.0. The summed E-state index contributed by atoms with van der Waals surface area (Å²) in [5, 5.41) is 16.5. The van der Waals surface area contributed by atoms with E-state index in [4.69, 9.17) is 25.0 Å². The van der Waals surface area contributed by atoms with Crippen LogP contribution in [0.5, 0.6) is 5.75 Å². The highest BCUT2D eigenvalue weighted by molar-refractivity contribution is 5.75. The lowest BCUT2D eigenvalue weighted by molar-refractivity contribution is -0.168. The number of aryl methyl sites for hydroxylation is 1. The van der Waals surface area contributed by atoms with Gasteiger partial charge in [0, 0.05) is 5.56 Å². The van der Waals surface area contributed by atoms with Gasteiger partial charge in [-0.15, -0.1) is 0 Å². The first kappa shape index (κ1) is 26.9. The molecule has 0 spiro atoms. The third-order valence-electron chi connectivity index (χ3n) is 7.11. The van der Waals surface area contributed by atoms with Gasteiger partial charge in [-0.05, 0) is 68.9 Å². The van der Waals surface area contributed by atoms with Gasteiger partial charge in [-0.25, -0.2) is 4.68 Å². The van der Waals surface area contributed by atoms with Crippen LogP contribution in [-0.2, 0) is 19.9 Å². The van der Waals surface area contributed by atoms with Gasteiger partial charge in [0.05, 0.1) is 30.3 Å². The molecule has 198 valence electrons. The normalized spacial score (nSPS) is 20.6. The lowest BCUT2D eigenvalue weighted by atomic mass is 9.81. The average molecular weight is 508 g/mol. The summed E-state index contributed by atoms with van der Waals surface area (Å²) in [5.74, 6) is 0.302. The lowest BCUT2D eigenvalue weighted by Crippen LogP contribution is -2.38. The Bertz CT molecular complexity index is 1180. The first-order chi connectivity index (χ1) is 17.7. The van der Waals surface area contributed by atoms with Crippen molar-refractivity contribution >= 4 is 5.97 Å². The highest BCUT2D eigenvalue weighted by atomic mass is 16.7. The zero-order valence-electron chi connectivity index (χ0n) is 22.0. The SMILES string of the molecule is COc1ccc(-n2nc(C3(O)CCC(OCOC(=O)[C@@H](N)C(C)C)CC3)cc2-c2ccc(C)cc2)cc1. The van der Waals surface area contributed by atoms with Gasteiger partial charge in [0.25, 0.3) is 0 Å². The van der Waals surface area contributed by atoms with Crippen molar-refractivity contribution in [2.75, 3.05) is 13.9 Å². The Morgan fingerprint density at radius 3 is 2.38 bits per heavy atom. The minimum absolute atomic E-state index is 0.000270. The molecule has 0 radical (unpaired) electrons. The maximum atomic E-state index is 12.0. The van der Waals surface area contributed by atoms with Crippen LogP contribution < -0.4 is 10.5 Å². The van der Waals surface area contributed by atoms with Gasteiger partial charge in [-0.3, -0.25) is 4.79 Å². The molecule has 8 heteroatoms. The van der Waals surface area contributed by atoms with E-state index in [9.17, 15) is 9.90 Å². The molecule has 0 amide bonds. The fraction of sp³-hybridized carbons (Fsp3) is 0.448. The fourth-order valence-corrected chi connectivity index (χ4v) is 4.51. The Morgan fingerprint density at radius 1 is 1.14 bits per heavy atom. The zero-order chi connectivity index (χ0) is 26.6. The summed E-state index contributed by atoms with van der Waals surface area (Å²) in [4.78, 5) is 12.0. The van der Waals surface area contributed by atoms with Crippen molar-refractivity contribution in [1.29, 1.82) is 0 Å². The fourth-order valence-electron chi connectivity index (χ4n) is 4.51. The monoisotopic (exact) mass is 507 g/mol. The Hall–Kier alpha value is -3.20. The molecule has 2 aromatic carbocycles. The smallest absolute Gasteiger partial charge is 0.325 e. The maximum Gasteiger partial charge on any atom is 0.325 e. The summed E-state index contributed by atoms with van der Waals surface area (Å²) in [7, 11) is 1.64. The van der Waals surface area contributed by atoms with E-state index in [1.54, 1.807) is 7.11 Å². The van der Waals surface area contributed by atoms with E-state index in [-0.39, 0.29) is 18.8 Å². The summed E-state index contributed by atoms with van der Waals surface area (Å²) >= 11 is 0. The van der Waals surface area contributed by atoms with Crippen molar-refractivity contribution in [3.63, 3.8) is 0 Å². The van der Waals surface area contributed by atoms with E-state index in [0.29, 0.717) is 31.4 Å². The van der Waals surface area contributed by atoms with Gasteiger partial charge in [-0.1, -0.05) is 43.7 Å². The Morgan fingerprint density at radius 2 is 1.78 bits per heavy atom. The van der Waals surface area contributed by atoms with E-state index >= 15 is 0 Å². The number of aromatic nitrogens is 2. The summed E-state index contributed by atoms with van der Waals surface area (Å²) in [6, 6.07) is 17.3. The molecule has 1 atom stereocenters. The number of rotatable bonds is 9. The molecular formula is C29H37N3O5. The Labute approximate surface area is 218 Å². The van der Waals surface area contributed by atoms with Crippen molar-refractivity contribution in [3.05, 3.63) is 65.9 Å². The lowest BCUT2D eigenvalue weighted by Gasteiger charge is -2.34. The predicted octanol–water partition coefficient (Wildman–Crippen LogP) is 4.49. The first-order valence-electron chi connectivity index (χ1n) is 12.8. The number of esters is 1. The van der Waals surface area contributed by atoms with Crippen molar-refractivity contribution in [1.82, 2.24) is 9.78 Å². The first-order valence-corrected chi connectivity index (χ1v) is 12.8. The predicted molar refractivity (Wildman–Crippen MR) is 141 cm³/mol. The standard InChI is InChI=1S/C29H37N3O5/c1-19(2)27(30)28(33)37-18-36-24-13-15-29(34,16-14-24)26-17-25(21-7-5-20(3)6-8-21)32(31-26)22-9-11-23(35-4)12-10-22/h5-12,17,19,24,27,34H,13-16,18,30H2,1-4H3/t24?,27-,29?/m0/s1. The quantitative estimate of drug-likeness (QED) is 0.324. The Balaban J connectivity index is 1.49. The second kappa shape index (κ2) is 11.5. The summed E-state index contributed by atoms with van der Waals surface area (Å²) in [5.41, 5.74) is 9.35. The largest absolute Gasteiger partial charge is 0.497 e. The molecule has 4 rings (SSSR count). The molecule has 0 bridgehead atoms. The second-order valence-corrected chi connectivity index (χ2v) is 10.1. The topological polar surface area (TPSA) is 109 Å². The maximum absolute atomic E-state index is 12.0. The van der Waals surface area contributed by atoms with Crippen LogP contribution in [0.2, 0.25) is 0 Å². The molecular weight excluding hydrogens is 470 g/mol. The van der Waals surface area contributed by atoms with Crippen molar-refractivity contribution < 1.29 is 24.1 Å². The van der Waals surface area contributed by atoms with Crippen LogP contribution >= 0.6 is 0 Å². The molecule has 0 saturated heterocycles. The van der Waals surface area contributed by atoms with Gasteiger partial charge in [0.15, 0.2) is 6.79 Å². The van der Waals surface area contributed by atoms with E-state index in [1.807, 2.05) is 48.9 Å². The van der Waals surface area contributed by atoms with Crippen LogP contribution in [0.25, 0.3) is 16.9 Å². The van der Waals surface area contributed by atoms with Crippen molar-refractivity contribution in [2.24, 2.45) is 11.7 Å². The number of hydrogen-bond acceptors (Lipinski definition) is 7. The van der Waals surface area contributed by atoms with E-state index < -0.39 is 17.6 Å². The van der Waals surface area contributed by atoms with Gasteiger partial charge in [-0.2, -0.15) is 5.10 Å². The summed E-state index contributed by atoms with van der Waals surface area (Å²) < 4.78 is 18.1. The number of aliphatic hydroxyl groups is 1. The van der Waals surface area contributed by atoms with Crippen molar-refractivity contribution in [2.45, 2.75) is 64.2 Å². The van der Waals surface area contributed by atoms with Gasteiger partial charge in [0.1, 0.15) is 17.4 Å². The molecule has 0 aliphatic heterocycles.